The lowest BCUT2D eigenvalue weighted by Gasteiger charge is -2.23. The van der Waals surface area contributed by atoms with E-state index < -0.39 is 40.3 Å². The molecule has 0 spiro atoms. The van der Waals surface area contributed by atoms with Crippen LogP contribution in [0.5, 0.6) is 0 Å². The Morgan fingerprint density at radius 1 is 1.47 bits per heavy atom. The largest absolute Gasteiger partial charge is 0.481 e. The number of carbonyl (C=O) groups excluding carboxylic acids is 1. The molecular formula is C10H14F3NO4S. The monoisotopic (exact) mass is 301 g/mol. The molecule has 0 aromatic rings. The lowest BCUT2D eigenvalue weighted by molar-refractivity contribution is -0.151. The minimum atomic E-state index is -4.47. The molecule has 0 aromatic carbocycles. The first kappa shape index (κ1) is 16.1. The number of ether oxygens (including phenoxy) is 1. The summed E-state index contributed by atoms with van der Waals surface area (Å²) >= 11 is -0.419. The summed E-state index contributed by atoms with van der Waals surface area (Å²) in [6.45, 7) is -0.0567. The third-order valence-corrected chi connectivity index (χ3v) is 3.66. The van der Waals surface area contributed by atoms with Crippen LogP contribution < -0.4 is 0 Å². The number of hydrogen-bond acceptors (Lipinski definition) is 4. The second kappa shape index (κ2) is 6.00. The van der Waals surface area contributed by atoms with E-state index in [4.69, 9.17) is 9.84 Å². The molecule has 19 heavy (non-hydrogen) atoms. The molecule has 1 aliphatic rings. The summed E-state index contributed by atoms with van der Waals surface area (Å²) in [4.78, 5) is 23.9. The molecule has 0 bridgehead atoms. The average Bonchev–Trinajstić information content (AvgIpc) is 2.71. The van der Waals surface area contributed by atoms with Crippen LogP contribution in [0.15, 0.2) is 0 Å². The van der Waals surface area contributed by atoms with Crippen molar-refractivity contribution in [3.63, 3.8) is 0 Å². The number of carbonyl (C=O) groups is 2. The van der Waals surface area contributed by atoms with Crippen molar-refractivity contribution in [3.8, 4) is 0 Å². The highest BCUT2D eigenvalue weighted by molar-refractivity contribution is 8.00. The fourth-order valence-electron chi connectivity index (χ4n) is 1.95. The molecule has 1 unspecified atom stereocenters. The molecular weight excluding hydrogens is 287 g/mol. The quantitative estimate of drug-likeness (QED) is 0.826. The van der Waals surface area contributed by atoms with Gasteiger partial charge in [0.05, 0.1) is 12.4 Å². The minimum Gasteiger partial charge on any atom is -0.481 e. The third kappa shape index (κ3) is 4.27. The number of amides is 1. The summed E-state index contributed by atoms with van der Waals surface area (Å²) < 4.78 is 40.8. The zero-order valence-electron chi connectivity index (χ0n) is 10.2. The summed E-state index contributed by atoms with van der Waals surface area (Å²) in [6, 6.07) is 0. The number of hydrogen-bond donors (Lipinski definition) is 1. The molecule has 0 radical (unpaired) electrons. The molecule has 0 aromatic heterocycles. The number of alkyl halides is 3. The maximum Gasteiger partial charge on any atom is 0.442 e. The van der Waals surface area contributed by atoms with Crippen molar-refractivity contribution in [1.29, 1.82) is 0 Å². The molecule has 0 aliphatic carbocycles. The highest BCUT2D eigenvalue weighted by Crippen LogP contribution is 2.34. The summed E-state index contributed by atoms with van der Waals surface area (Å²) in [5.41, 5.74) is -5.68. The van der Waals surface area contributed by atoms with Crippen molar-refractivity contribution < 1.29 is 32.6 Å². The number of likely N-dealkylation sites (tertiary alicyclic amines) is 1. The van der Waals surface area contributed by atoms with Crippen LogP contribution in [0.4, 0.5) is 13.2 Å². The summed E-state index contributed by atoms with van der Waals surface area (Å²) in [5.74, 6) is -2.54. The summed E-state index contributed by atoms with van der Waals surface area (Å²) in [7, 11) is 1.34. The lowest BCUT2D eigenvalue weighted by atomic mass is 9.88. The Labute approximate surface area is 112 Å². The molecule has 1 fully saturated rings. The first-order valence-corrected chi connectivity index (χ1v) is 6.39. The maximum atomic E-state index is 12.0. The van der Waals surface area contributed by atoms with Gasteiger partial charge in [0, 0.05) is 20.2 Å². The van der Waals surface area contributed by atoms with Gasteiger partial charge >= 0.3 is 11.5 Å². The molecule has 1 aliphatic heterocycles. The van der Waals surface area contributed by atoms with E-state index in [1.807, 2.05) is 0 Å². The van der Waals surface area contributed by atoms with Gasteiger partial charge in [-0.3, -0.25) is 9.59 Å². The molecule has 9 heteroatoms. The minimum absolute atomic E-state index is 0.0709. The zero-order chi connectivity index (χ0) is 14.7. The van der Waals surface area contributed by atoms with E-state index in [0.29, 0.717) is 0 Å². The van der Waals surface area contributed by atoms with Crippen LogP contribution in [-0.2, 0) is 14.3 Å². The predicted octanol–water partition coefficient (Wildman–Crippen LogP) is 1.19. The van der Waals surface area contributed by atoms with Gasteiger partial charge in [-0.25, -0.2) is 0 Å². The molecule has 1 heterocycles. The Morgan fingerprint density at radius 3 is 2.58 bits per heavy atom. The van der Waals surface area contributed by atoms with Crippen LogP contribution in [-0.4, -0.2) is 60.0 Å². The normalized spacial score (nSPS) is 23.7. The second-order valence-corrected chi connectivity index (χ2v) is 5.36. The molecule has 1 saturated heterocycles. The van der Waals surface area contributed by atoms with Gasteiger partial charge in [0.25, 0.3) is 0 Å². The van der Waals surface area contributed by atoms with E-state index in [0.717, 1.165) is 4.90 Å². The number of carboxylic acid groups (broad SMARTS) is 1. The Morgan fingerprint density at radius 2 is 2.11 bits per heavy atom. The van der Waals surface area contributed by atoms with Gasteiger partial charge in [-0.05, 0) is 18.2 Å². The first-order chi connectivity index (χ1) is 8.70. The molecule has 1 atom stereocenters. The van der Waals surface area contributed by atoms with Gasteiger partial charge in [0.1, 0.15) is 5.41 Å². The second-order valence-electron chi connectivity index (χ2n) is 4.32. The van der Waals surface area contributed by atoms with Crippen LogP contribution in [0, 0.1) is 5.41 Å². The third-order valence-electron chi connectivity index (χ3n) is 2.94. The number of rotatable bonds is 5. The van der Waals surface area contributed by atoms with Gasteiger partial charge < -0.3 is 14.7 Å². The molecule has 1 amide bonds. The predicted molar refractivity (Wildman–Crippen MR) is 61.7 cm³/mol. The van der Waals surface area contributed by atoms with Crippen LogP contribution in [0.3, 0.4) is 0 Å². The van der Waals surface area contributed by atoms with E-state index in [1.54, 1.807) is 0 Å². The number of aliphatic carboxylic acids is 1. The Bertz CT molecular complexity index is 363. The van der Waals surface area contributed by atoms with Gasteiger partial charge in [-0.1, -0.05) is 0 Å². The summed E-state index contributed by atoms with van der Waals surface area (Å²) in [5, 5.41) is 9.15. The fraction of sp³-hybridized carbons (Fsp3) is 0.800. The van der Waals surface area contributed by atoms with Crippen LogP contribution >= 0.6 is 11.8 Å². The van der Waals surface area contributed by atoms with E-state index in [9.17, 15) is 22.8 Å². The van der Waals surface area contributed by atoms with Gasteiger partial charge in [0.2, 0.25) is 5.91 Å². The van der Waals surface area contributed by atoms with Crippen LogP contribution in [0.25, 0.3) is 0 Å². The highest BCUT2D eigenvalue weighted by atomic mass is 32.2. The highest BCUT2D eigenvalue weighted by Gasteiger charge is 2.46. The van der Waals surface area contributed by atoms with Gasteiger partial charge in [-0.15, -0.1) is 0 Å². The Balaban J connectivity index is 2.59. The zero-order valence-corrected chi connectivity index (χ0v) is 11.0. The Hall–Kier alpha value is -0.960. The summed E-state index contributed by atoms with van der Waals surface area (Å²) in [6.07, 6.45) is 0.179. The van der Waals surface area contributed by atoms with Crippen LogP contribution in [0.1, 0.15) is 6.42 Å². The van der Waals surface area contributed by atoms with E-state index in [2.05, 4.69) is 0 Å². The van der Waals surface area contributed by atoms with Crippen molar-refractivity contribution >= 4 is 23.6 Å². The van der Waals surface area contributed by atoms with Gasteiger partial charge in [-0.2, -0.15) is 13.2 Å². The fourth-order valence-corrected chi connectivity index (χ4v) is 2.42. The van der Waals surface area contributed by atoms with Crippen molar-refractivity contribution in [1.82, 2.24) is 4.90 Å². The van der Waals surface area contributed by atoms with Crippen molar-refractivity contribution in [2.45, 2.75) is 11.9 Å². The molecule has 1 rings (SSSR count). The lowest BCUT2D eigenvalue weighted by Crippen LogP contribution is -2.40. The topological polar surface area (TPSA) is 66.8 Å². The van der Waals surface area contributed by atoms with Crippen LogP contribution in [0.2, 0.25) is 0 Å². The molecule has 5 nitrogen and oxygen atoms in total. The maximum absolute atomic E-state index is 12.0. The number of thioether (sulfide) groups is 1. The number of nitrogens with zero attached hydrogens (tertiary/aromatic N) is 1. The number of carboxylic acids is 1. The molecule has 1 N–H and O–H groups in total. The van der Waals surface area contributed by atoms with E-state index in [-0.39, 0.29) is 26.1 Å². The smallest absolute Gasteiger partial charge is 0.442 e. The van der Waals surface area contributed by atoms with Crippen molar-refractivity contribution in [2.75, 3.05) is 32.6 Å². The van der Waals surface area contributed by atoms with Crippen molar-refractivity contribution in [3.05, 3.63) is 0 Å². The van der Waals surface area contributed by atoms with Gasteiger partial charge in [0.15, 0.2) is 0 Å². The number of halogens is 3. The number of methoxy groups -OCH3 is 1. The van der Waals surface area contributed by atoms with E-state index >= 15 is 0 Å². The van der Waals surface area contributed by atoms with Crippen molar-refractivity contribution in [2.24, 2.45) is 5.41 Å². The first-order valence-electron chi connectivity index (χ1n) is 5.41. The SMILES string of the molecule is COCC1(C(=O)O)CCN(C(=O)CSC(F)(F)F)C1. The Kier molecular flexibility index (Phi) is 5.08. The molecule has 110 valence electrons. The standard InChI is InChI=1S/C10H14F3NO4S/c1-18-6-9(8(16)17)2-3-14(5-9)7(15)4-19-10(11,12)13/h2-6H2,1H3,(H,16,17). The average molecular weight is 301 g/mol. The molecule has 0 saturated carbocycles. The van der Waals surface area contributed by atoms with E-state index in [1.165, 1.54) is 7.11 Å².